The van der Waals surface area contributed by atoms with Crippen LogP contribution in [0.3, 0.4) is 0 Å². The van der Waals surface area contributed by atoms with Gasteiger partial charge in [0.1, 0.15) is 0 Å². The van der Waals surface area contributed by atoms with Crippen molar-refractivity contribution >= 4 is 5.57 Å². The zero-order valence-corrected chi connectivity index (χ0v) is 12.5. The SMILES string of the molecule is NCC1CC(n2cc(C3=CCC(O)CC3)c(C3CC3)n2)C1. The van der Waals surface area contributed by atoms with E-state index in [9.17, 15) is 5.11 Å². The van der Waals surface area contributed by atoms with Gasteiger partial charge in [0.25, 0.3) is 0 Å². The number of hydrogen-bond donors (Lipinski definition) is 2. The molecule has 0 saturated heterocycles. The van der Waals surface area contributed by atoms with Crippen LogP contribution in [-0.2, 0) is 0 Å². The molecule has 0 spiro atoms. The average molecular weight is 287 g/mol. The topological polar surface area (TPSA) is 64.1 Å². The lowest BCUT2D eigenvalue weighted by Gasteiger charge is -2.34. The van der Waals surface area contributed by atoms with Crippen molar-refractivity contribution in [2.24, 2.45) is 11.7 Å². The summed E-state index contributed by atoms with van der Waals surface area (Å²) in [7, 11) is 0. The Labute approximate surface area is 126 Å². The standard InChI is InChI=1S/C17H25N3O/c18-9-11-7-14(8-11)20-10-16(17(19-20)13-1-2-13)12-3-5-15(21)6-4-12/h3,10-11,13-15,21H,1-2,4-9,18H2. The Morgan fingerprint density at radius 2 is 2.10 bits per heavy atom. The quantitative estimate of drug-likeness (QED) is 0.894. The van der Waals surface area contributed by atoms with Gasteiger partial charge in [-0.05, 0) is 63.0 Å². The van der Waals surface area contributed by atoms with Gasteiger partial charge in [0.15, 0.2) is 0 Å². The molecule has 4 nitrogen and oxygen atoms in total. The molecular weight excluding hydrogens is 262 g/mol. The van der Waals surface area contributed by atoms with Gasteiger partial charge < -0.3 is 10.8 Å². The summed E-state index contributed by atoms with van der Waals surface area (Å²) in [6, 6.07) is 0.555. The number of nitrogens with two attached hydrogens (primary N) is 1. The van der Waals surface area contributed by atoms with Crippen LogP contribution >= 0.6 is 0 Å². The third-order valence-corrected chi connectivity index (χ3v) is 5.37. The number of aliphatic hydroxyl groups is 1. The van der Waals surface area contributed by atoms with Gasteiger partial charge in [-0.25, -0.2) is 0 Å². The van der Waals surface area contributed by atoms with Gasteiger partial charge in [-0.2, -0.15) is 5.10 Å². The highest BCUT2D eigenvalue weighted by Crippen LogP contribution is 2.45. The molecule has 1 atom stereocenters. The van der Waals surface area contributed by atoms with Crippen molar-refractivity contribution in [1.29, 1.82) is 0 Å². The minimum absolute atomic E-state index is 0.148. The second-order valence-corrected chi connectivity index (χ2v) is 7.07. The van der Waals surface area contributed by atoms with Crippen molar-refractivity contribution < 1.29 is 5.11 Å². The van der Waals surface area contributed by atoms with Crippen molar-refractivity contribution in [2.45, 2.75) is 63.0 Å². The maximum atomic E-state index is 9.68. The van der Waals surface area contributed by atoms with Gasteiger partial charge >= 0.3 is 0 Å². The summed E-state index contributed by atoms with van der Waals surface area (Å²) in [4.78, 5) is 0. The minimum Gasteiger partial charge on any atom is -0.393 e. The average Bonchev–Trinajstić information content (AvgIpc) is 3.20. The van der Waals surface area contributed by atoms with Gasteiger partial charge in [-0.3, -0.25) is 4.68 Å². The summed E-state index contributed by atoms with van der Waals surface area (Å²) in [5.74, 6) is 1.37. The molecule has 0 bridgehead atoms. The molecule has 1 heterocycles. The van der Waals surface area contributed by atoms with Crippen LogP contribution in [0.5, 0.6) is 0 Å². The second kappa shape index (κ2) is 5.25. The molecule has 3 aliphatic carbocycles. The molecule has 21 heavy (non-hydrogen) atoms. The fourth-order valence-electron chi connectivity index (χ4n) is 3.67. The summed E-state index contributed by atoms with van der Waals surface area (Å²) >= 11 is 0. The zero-order chi connectivity index (χ0) is 14.4. The molecule has 0 aromatic carbocycles. The van der Waals surface area contributed by atoms with E-state index in [0.29, 0.717) is 17.9 Å². The predicted molar refractivity (Wildman–Crippen MR) is 82.9 cm³/mol. The Balaban J connectivity index is 1.59. The predicted octanol–water partition coefficient (Wildman–Crippen LogP) is 2.60. The highest BCUT2D eigenvalue weighted by atomic mass is 16.3. The van der Waals surface area contributed by atoms with E-state index in [1.54, 1.807) is 0 Å². The molecule has 2 fully saturated rings. The van der Waals surface area contributed by atoms with E-state index in [1.165, 1.54) is 42.5 Å². The molecule has 1 unspecified atom stereocenters. The summed E-state index contributed by atoms with van der Waals surface area (Å²) in [6.07, 6.45) is 12.0. The van der Waals surface area contributed by atoms with Gasteiger partial charge in [0.2, 0.25) is 0 Å². The maximum Gasteiger partial charge on any atom is 0.0730 e. The number of nitrogens with zero attached hydrogens (tertiary/aromatic N) is 2. The smallest absolute Gasteiger partial charge is 0.0730 e. The third kappa shape index (κ3) is 2.55. The Bertz CT molecular complexity index is 552. The molecule has 0 radical (unpaired) electrons. The number of allylic oxidation sites excluding steroid dienone is 1. The monoisotopic (exact) mass is 287 g/mol. The first-order chi connectivity index (χ1) is 10.2. The molecule has 3 N–H and O–H groups in total. The van der Waals surface area contributed by atoms with Crippen LogP contribution in [-0.4, -0.2) is 27.5 Å². The van der Waals surface area contributed by atoms with Gasteiger partial charge in [0, 0.05) is 17.7 Å². The van der Waals surface area contributed by atoms with Crippen molar-refractivity contribution in [3.8, 4) is 0 Å². The van der Waals surface area contributed by atoms with Crippen LogP contribution in [0, 0.1) is 5.92 Å². The van der Waals surface area contributed by atoms with Crippen LogP contribution in [0.2, 0.25) is 0 Å². The van der Waals surface area contributed by atoms with E-state index in [2.05, 4.69) is 17.0 Å². The molecule has 114 valence electrons. The van der Waals surface area contributed by atoms with Gasteiger partial charge in [0.05, 0.1) is 17.8 Å². The fourth-order valence-corrected chi connectivity index (χ4v) is 3.67. The van der Waals surface area contributed by atoms with Crippen molar-refractivity contribution in [3.05, 3.63) is 23.5 Å². The van der Waals surface area contributed by atoms with E-state index in [4.69, 9.17) is 10.8 Å². The number of rotatable bonds is 4. The first kappa shape index (κ1) is 13.5. The van der Waals surface area contributed by atoms with Crippen molar-refractivity contribution in [1.82, 2.24) is 9.78 Å². The highest BCUT2D eigenvalue weighted by molar-refractivity contribution is 5.68. The van der Waals surface area contributed by atoms with E-state index in [1.807, 2.05) is 0 Å². The Hall–Kier alpha value is -1.13. The minimum atomic E-state index is -0.148. The van der Waals surface area contributed by atoms with E-state index >= 15 is 0 Å². The molecule has 1 aromatic rings. The van der Waals surface area contributed by atoms with Crippen LogP contribution < -0.4 is 5.73 Å². The van der Waals surface area contributed by atoms with Gasteiger partial charge in [-0.1, -0.05) is 6.08 Å². The summed E-state index contributed by atoms with van der Waals surface area (Å²) in [5, 5.41) is 14.6. The van der Waals surface area contributed by atoms with E-state index < -0.39 is 0 Å². The lowest BCUT2D eigenvalue weighted by molar-refractivity contribution is 0.166. The molecule has 1 aromatic heterocycles. The molecule has 2 saturated carbocycles. The van der Waals surface area contributed by atoms with Gasteiger partial charge in [-0.15, -0.1) is 0 Å². The third-order valence-electron chi connectivity index (χ3n) is 5.37. The molecule has 0 amide bonds. The van der Waals surface area contributed by atoms with Crippen LogP contribution in [0.25, 0.3) is 5.57 Å². The lowest BCUT2D eigenvalue weighted by atomic mass is 9.80. The molecule has 4 heteroatoms. The number of aliphatic hydroxyl groups excluding tert-OH is 1. The molecule has 3 aliphatic rings. The molecule has 0 aliphatic heterocycles. The summed E-state index contributed by atoms with van der Waals surface area (Å²) in [6.45, 7) is 0.809. The Morgan fingerprint density at radius 1 is 1.29 bits per heavy atom. The van der Waals surface area contributed by atoms with Crippen molar-refractivity contribution in [3.63, 3.8) is 0 Å². The summed E-state index contributed by atoms with van der Waals surface area (Å²) < 4.78 is 2.21. The lowest BCUT2D eigenvalue weighted by Crippen LogP contribution is -2.32. The Morgan fingerprint density at radius 3 is 2.71 bits per heavy atom. The van der Waals surface area contributed by atoms with Crippen LogP contribution in [0.1, 0.15) is 68.2 Å². The highest BCUT2D eigenvalue weighted by Gasteiger charge is 2.34. The number of aromatic nitrogens is 2. The fraction of sp³-hybridized carbons (Fsp3) is 0.706. The van der Waals surface area contributed by atoms with Crippen LogP contribution in [0.15, 0.2) is 12.3 Å². The maximum absolute atomic E-state index is 9.68. The summed E-state index contributed by atoms with van der Waals surface area (Å²) in [5.41, 5.74) is 9.82. The molecule has 4 rings (SSSR count). The largest absolute Gasteiger partial charge is 0.393 e. The van der Waals surface area contributed by atoms with Crippen LogP contribution in [0.4, 0.5) is 0 Å². The zero-order valence-electron chi connectivity index (χ0n) is 12.5. The number of hydrogen-bond acceptors (Lipinski definition) is 3. The van der Waals surface area contributed by atoms with E-state index in [0.717, 1.165) is 25.8 Å². The second-order valence-electron chi connectivity index (χ2n) is 7.07. The Kier molecular flexibility index (Phi) is 3.38. The normalized spacial score (nSPS) is 32.7. The van der Waals surface area contributed by atoms with Crippen molar-refractivity contribution in [2.75, 3.05) is 6.54 Å². The molecular formula is C17H25N3O. The first-order valence-electron chi connectivity index (χ1n) is 8.41. The van der Waals surface area contributed by atoms with E-state index in [-0.39, 0.29) is 6.10 Å². The first-order valence-corrected chi connectivity index (χ1v) is 8.41.